The lowest BCUT2D eigenvalue weighted by Crippen LogP contribution is -2.58. The molecule has 7 heteroatoms. The van der Waals surface area contributed by atoms with Crippen LogP contribution in [-0.2, 0) is 22.5 Å². The lowest BCUT2D eigenvalue weighted by atomic mass is 9.99. The first-order valence-electron chi connectivity index (χ1n) is 11.1. The average Bonchev–Trinajstić information content (AvgIpc) is 3.22. The van der Waals surface area contributed by atoms with Gasteiger partial charge in [0, 0.05) is 44.3 Å². The number of piperazine rings is 1. The zero-order chi connectivity index (χ0) is 22.1. The molecule has 3 aliphatic heterocycles. The molecule has 0 amide bonds. The second-order valence-electron chi connectivity index (χ2n) is 8.66. The lowest BCUT2D eigenvalue weighted by molar-refractivity contribution is -0.0901. The number of fused-ring (bicyclic) bond motifs is 2. The van der Waals surface area contributed by atoms with Gasteiger partial charge in [-0.1, -0.05) is 12.1 Å². The van der Waals surface area contributed by atoms with Gasteiger partial charge in [-0.05, 0) is 41.8 Å². The summed E-state index contributed by atoms with van der Waals surface area (Å²) in [6.45, 7) is 5.96. The fourth-order valence-electron chi connectivity index (χ4n) is 4.88. The zero-order valence-corrected chi connectivity index (χ0v) is 18.3. The quantitative estimate of drug-likeness (QED) is 0.671. The standard InChI is InChI=1S/C25H27N3O4/c1-30-23-10-17(2-3-19(23)12-26)6-7-27-8-9-28-14-24(31-16-21(28)13-27)18-4-5-22-20(11-18)15-32-25(22)29/h2-5,10-11,21,24H,6-9,13-16H2,1H3/t21?,24-/m0/s1. The highest BCUT2D eigenvalue weighted by atomic mass is 16.5. The summed E-state index contributed by atoms with van der Waals surface area (Å²) in [6.07, 6.45) is 0.957. The topological polar surface area (TPSA) is 75.0 Å². The van der Waals surface area contributed by atoms with Gasteiger partial charge in [-0.2, -0.15) is 5.26 Å². The van der Waals surface area contributed by atoms with Crippen LogP contribution in [0, 0.1) is 11.3 Å². The number of morpholine rings is 1. The van der Waals surface area contributed by atoms with E-state index in [1.807, 2.05) is 30.3 Å². The minimum absolute atomic E-state index is 0.0323. The van der Waals surface area contributed by atoms with E-state index in [4.69, 9.17) is 19.5 Å². The van der Waals surface area contributed by atoms with Crippen molar-refractivity contribution < 1.29 is 19.0 Å². The van der Waals surface area contributed by atoms with E-state index in [9.17, 15) is 4.79 Å². The minimum atomic E-state index is -0.230. The molecule has 0 aromatic heterocycles. The number of esters is 1. The van der Waals surface area contributed by atoms with Gasteiger partial charge in [0.2, 0.25) is 0 Å². The van der Waals surface area contributed by atoms with Crippen molar-refractivity contribution in [2.75, 3.05) is 46.4 Å². The van der Waals surface area contributed by atoms with E-state index in [1.54, 1.807) is 7.11 Å². The molecular formula is C25H27N3O4. The van der Waals surface area contributed by atoms with Gasteiger partial charge in [0.15, 0.2) is 0 Å². The SMILES string of the molecule is COc1cc(CCN2CCN3C[C@@H](c4ccc5c(c4)COC5=O)OCC3C2)ccc1C#N. The van der Waals surface area contributed by atoms with Crippen molar-refractivity contribution in [1.29, 1.82) is 5.26 Å². The van der Waals surface area contributed by atoms with Gasteiger partial charge in [-0.25, -0.2) is 4.79 Å². The minimum Gasteiger partial charge on any atom is -0.495 e. The number of rotatable bonds is 5. The fourth-order valence-corrected chi connectivity index (χ4v) is 4.88. The maximum absolute atomic E-state index is 11.7. The van der Waals surface area contributed by atoms with Crippen molar-refractivity contribution in [3.63, 3.8) is 0 Å². The Morgan fingerprint density at radius 2 is 2.09 bits per heavy atom. The van der Waals surface area contributed by atoms with E-state index in [0.29, 0.717) is 36.1 Å². The molecule has 0 saturated carbocycles. The van der Waals surface area contributed by atoms with Crippen molar-refractivity contribution in [2.45, 2.75) is 25.2 Å². The van der Waals surface area contributed by atoms with E-state index < -0.39 is 0 Å². The van der Waals surface area contributed by atoms with Crippen LogP contribution in [0.2, 0.25) is 0 Å². The Kier molecular flexibility index (Phi) is 5.83. The van der Waals surface area contributed by atoms with Gasteiger partial charge in [0.25, 0.3) is 0 Å². The van der Waals surface area contributed by atoms with Gasteiger partial charge in [0.1, 0.15) is 18.4 Å². The molecule has 1 unspecified atom stereocenters. The van der Waals surface area contributed by atoms with E-state index in [2.05, 4.69) is 21.9 Å². The molecule has 0 N–H and O–H groups in total. The van der Waals surface area contributed by atoms with Crippen LogP contribution in [0.5, 0.6) is 5.75 Å². The molecule has 0 spiro atoms. The third-order valence-corrected chi connectivity index (χ3v) is 6.76. The summed E-state index contributed by atoms with van der Waals surface area (Å²) in [5, 5.41) is 9.15. The molecule has 2 fully saturated rings. The van der Waals surface area contributed by atoms with Gasteiger partial charge >= 0.3 is 5.97 Å². The monoisotopic (exact) mass is 433 g/mol. The largest absolute Gasteiger partial charge is 0.495 e. The molecule has 32 heavy (non-hydrogen) atoms. The number of benzene rings is 2. The Balaban J connectivity index is 1.16. The first-order chi connectivity index (χ1) is 15.6. The molecule has 2 aromatic rings. The van der Waals surface area contributed by atoms with Gasteiger partial charge in [0.05, 0.1) is 30.9 Å². The highest BCUT2D eigenvalue weighted by Gasteiger charge is 2.34. The fraction of sp³-hybridized carbons (Fsp3) is 0.440. The van der Waals surface area contributed by atoms with E-state index in [1.165, 1.54) is 5.56 Å². The molecule has 2 saturated heterocycles. The average molecular weight is 434 g/mol. The van der Waals surface area contributed by atoms with Crippen LogP contribution in [0.25, 0.3) is 0 Å². The van der Waals surface area contributed by atoms with Crippen LogP contribution < -0.4 is 4.74 Å². The summed E-state index contributed by atoms with van der Waals surface area (Å²) in [4.78, 5) is 16.7. The van der Waals surface area contributed by atoms with Crippen LogP contribution in [0.1, 0.15) is 38.7 Å². The Labute approximate surface area is 188 Å². The van der Waals surface area contributed by atoms with Crippen molar-refractivity contribution in [2.24, 2.45) is 0 Å². The summed E-state index contributed by atoms with van der Waals surface area (Å²) < 4.78 is 16.7. The molecule has 0 aliphatic carbocycles. The van der Waals surface area contributed by atoms with Crippen molar-refractivity contribution in [1.82, 2.24) is 9.80 Å². The molecule has 3 aliphatic rings. The Hall–Kier alpha value is -2.92. The maximum Gasteiger partial charge on any atom is 0.338 e. The lowest BCUT2D eigenvalue weighted by Gasteiger charge is -2.46. The Morgan fingerprint density at radius 1 is 1.19 bits per heavy atom. The number of hydrogen-bond acceptors (Lipinski definition) is 7. The number of carbonyl (C=O) groups is 1. The normalized spacial score (nSPS) is 23.2. The van der Waals surface area contributed by atoms with Crippen molar-refractivity contribution in [3.8, 4) is 11.8 Å². The van der Waals surface area contributed by atoms with E-state index in [-0.39, 0.29) is 12.1 Å². The molecule has 7 nitrogen and oxygen atoms in total. The summed E-state index contributed by atoms with van der Waals surface area (Å²) >= 11 is 0. The van der Waals surface area contributed by atoms with E-state index in [0.717, 1.165) is 50.3 Å². The number of hydrogen-bond donors (Lipinski definition) is 0. The smallest absolute Gasteiger partial charge is 0.338 e. The van der Waals surface area contributed by atoms with Gasteiger partial charge < -0.3 is 19.1 Å². The summed E-state index contributed by atoms with van der Waals surface area (Å²) in [5.41, 5.74) is 4.51. The first-order valence-corrected chi connectivity index (χ1v) is 11.1. The maximum atomic E-state index is 11.7. The third-order valence-electron chi connectivity index (χ3n) is 6.76. The summed E-state index contributed by atoms with van der Waals surface area (Å²) in [7, 11) is 1.60. The molecule has 3 heterocycles. The van der Waals surface area contributed by atoms with Crippen LogP contribution in [-0.4, -0.2) is 68.3 Å². The highest BCUT2D eigenvalue weighted by Crippen LogP contribution is 2.30. The number of ether oxygens (including phenoxy) is 3. The Morgan fingerprint density at radius 3 is 2.94 bits per heavy atom. The Bertz CT molecular complexity index is 1060. The molecule has 2 aromatic carbocycles. The number of nitrogens with zero attached hydrogens (tertiary/aromatic N) is 3. The predicted molar refractivity (Wildman–Crippen MR) is 117 cm³/mol. The first kappa shape index (κ1) is 21.0. The second kappa shape index (κ2) is 8.91. The predicted octanol–water partition coefficient (Wildman–Crippen LogP) is 2.54. The highest BCUT2D eigenvalue weighted by molar-refractivity contribution is 5.93. The summed E-state index contributed by atoms with van der Waals surface area (Å²) in [5.74, 6) is 0.413. The van der Waals surface area contributed by atoms with Crippen LogP contribution >= 0.6 is 0 Å². The number of methoxy groups -OCH3 is 1. The molecule has 0 bridgehead atoms. The number of carbonyl (C=O) groups excluding carboxylic acids is 1. The van der Waals surface area contributed by atoms with Gasteiger partial charge in [-0.3, -0.25) is 4.90 Å². The second-order valence-corrected chi connectivity index (χ2v) is 8.66. The molecule has 5 rings (SSSR count). The molecule has 166 valence electrons. The molecule has 0 radical (unpaired) electrons. The number of cyclic esters (lactones) is 1. The summed E-state index contributed by atoms with van der Waals surface area (Å²) in [6, 6.07) is 14.3. The van der Waals surface area contributed by atoms with Crippen LogP contribution in [0.4, 0.5) is 0 Å². The molecule has 2 atom stereocenters. The molecular weight excluding hydrogens is 406 g/mol. The third kappa shape index (κ3) is 4.09. The van der Waals surface area contributed by atoms with Crippen LogP contribution in [0.3, 0.4) is 0 Å². The zero-order valence-electron chi connectivity index (χ0n) is 18.3. The van der Waals surface area contributed by atoms with Crippen molar-refractivity contribution >= 4 is 5.97 Å². The van der Waals surface area contributed by atoms with Crippen molar-refractivity contribution in [3.05, 3.63) is 64.2 Å². The number of nitriles is 1. The van der Waals surface area contributed by atoms with Gasteiger partial charge in [-0.15, -0.1) is 0 Å². The van der Waals surface area contributed by atoms with Crippen LogP contribution in [0.15, 0.2) is 36.4 Å². The van der Waals surface area contributed by atoms with E-state index >= 15 is 0 Å².